The number of rotatable bonds is 8. The van der Waals surface area contributed by atoms with Crippen molar-refractivity contribution in [3.63, 3.8) is 0 Å². The SMILES string of the molecule is Cc1ccc(OCN=C2NN(c3c(Cl)cc(Cl)cc3Cl)C(=O)C2Sc2cc(S(N)(=O)=O)c(Cl)cc2NC(=O)C(C)(C)C)c(C)c1. The summed E-state index contributed by atoms with van der Waals surface area (Å²) in [6, 6.07) is 11.0. The van der Waals surface area contributed by atoms with Crippen LogP contribution in [0.15, 0.2) is 57.2 Å². The van der Waals surface area contributed by atoms with Gasteiger partial charge in [0.15, 0.2) is 6.73 Å². The molecule has 0 aliphatic carbocycles. The Balaban J connectivity index is 1.79. The maximum absolute atomic E-state index is 14.0. The topological polar surface area (TPSA) is 143 Å². The lowest BCUT2D eigenvalue weighted by Gasteiger charge is -2.21. The minimum atomic E-state index is -4.28. The first kappa shape index (κ1) is 35.1. The summed E-state index contributed by atoms with van der Waals surface area (Å²) in [6.07, 6.45) is 0. The lowest BCUT2D eigenvalue weighted by Crippen LogP contribution is -2.36. The Morgan fingerprint density at radius 3 is 2.29 bits per heavy atom. The monoisotopic (exact) mass is 731 g/mol. The van der Waals surface area contributed by atoms with Crippen molar-refractivity contribution in [2.24, 2.45) is 15.5 Å². The van der Waals surface area contributed by atoms with Crippen LogP contribution in [0.4, 0.5) is 11.4 Å². The second kappa shape index (κ2) is 13.6. The molecule has 3 aromatic rings. The highest BCUT2D eigenvalue weighted by Gasteiger charge is 2.41. The fraction of sp³-hybridized carbons (Fsp3) is 0.276. The van der Waals surface area contributed by atoms with Crippen LogP contribution in [0, 0.1) is 19.3 Å². The molecule has 16 heteroatoms. The molecule has 45 heavy (non-hydrogen) atoms. The van der Waals surface area contributed by atoms with Gasteiger partial charge in [0.25, 0.3) is 5.91 Å². The van der Waals surface area contributed by atoms with E-state index in [1.54, 1.807) is 20.8 Å². The third kappa shape index (κ3) is 8.18. The van der Waals surface area contributed by atoms with Gasteiger partial charge in [-0.25, -0.2) is 23.6 Å². The highest BCUT2D eigenvalue weighted by molar-refractivity contribution is 8.01. The summed E-state index contributed by atoms with van der Waals surface area (Å²) in [6.45, 7) is 8.80. The number of amidine groups is 1. The van der Waals surface area contributed by atoms with Crippen LogP contribution in [0.5, 0.6) is 5.75 Å². The van der Waals surface area contributed by atoms with Crippen LogP contribution in [-0.2, 0) is 19.6 Å². The van der Waals surface area contributed by atoms with E-state index in [1.807, 2.05) is 32.0 Å². The van der Waals surface area contributed by atoms with Crippen molar-refractivity contribution >= 4 is 97.2 Å². The predicted octanol–water partition coefficient (Wildman–Crippen LogP) is 7.00. The van der Waals surface area contributed by atoms with Crippen LogP contribution in [0.1, 0.15) is 31.9 Å². The summed E-state index contributed by atoms with van der Waals surface area (Å²) < 4.78 is 30.6. The number of hydrogen-bond acceptors (Lipinski definition) is 7. The standard InChI is InChI=1S/C29H29Cl4N5O5S2/c1-14-6-7-21(15(2)8-14)43-13-35-26-25(27(39)38(37-26)24-18(32)9-16(30)10-19(24)33)44-22-12-23(45(34,41)42)17(31)11-20(22)36-28(40)29(3,4)5/h6-12,25H,13H2,1-5H3,(H,35,37)(H,36,40)(H2,34,41,42). The van der Waals surface area contributed by atoms with Crippen molar-refractivity contribution in [3.8, 4) is 5.75 Å². The molecule has 1 saturated heterocycles. The van der Waals surface area contributed by atoms with Crippen LogP contribution >= 0.6 is 58.2 Å². The van der Waals surface area contributed by atoms with E-state index in [0.717, 1.165) is 27.9 Å². The number of hydrazine groups is 1. The number of carbonyl (C=O) groups excluding carboxylic acids is 2. The molecule has 1 aliphatic heterocycles. The van der Waals surface area contributed by atoms with Crippen LogP contribution in [0.3, 0.4) is 0 Å². The lowest BCUT2D eigenvalue weighted by molar-refractivity contribution is -0.123. The number of amides is 2. The Hall–Kier alpha value is -2.71. The number of aryl methyl sites for hydroxylation is 2. The van der Waals surface area contributed by atoms with Gasteiger partial charge in [-0.05, 0) is 49.7 Å². The van der Waals surface area contributed by atoms with Gasteiger partial charge in [0, 0.05) is 15.3 Å². The number of ether oxygens (including phenoxy) is 1. The molecule has 3 aromatic carbocycles. The quantitative estimate of drug-likeness (QED) is 0.226. The zero-order valence-corrected chi connectivity index (χ0v) is 29.3. The summed E-state index contributed by atoms with van der Waals surface area (Å²) in [5, 5.41) is 8.43. The summed E-state index contributed by atoms with van der Waals surface area (Å²) in [7, 11) is -4.28. The normalized spacial score (nSPS) is 16.2. The molecule has 10 nitrogen and oxygen atoms in total. The Bertz CT molecular complexity index is 1810. The zero-order chi connectivity index (χ0) is 33.4. The molecule has 0 aromatic heterocycles. The molecule has 0 radical (unpaired) electrons. The number of sulfonamides is 1. The number of benzene rings is 3. The van der Waals surface area contributed by atoms with Crippen molar-refractivity contribution in [1.82, 2.24) is 5.43 Å². The molecule has 1 atom stereocenters. The number of halogens is 4. The summed E-state index contributed by atoms with van der Waals surface area (Å²) in [4.78, 5) is 31.2. The molecular weight excluding hydrogens is 704 g/mol. The highest BCUT2D eigenvalue weighted by atomic mass is 35.5. The van der Waals surface area contributed by atoms with Gasteiger partial charge in [0.05, 0.1) is 20.8 Å². The Morgan fingerprint density at radius 2 is 1.71 bits per heavy atom. The van der Waals surface area contributed by atoms with Crippen molar-refractivity contribution in [3.05, 3.63) is 73.7 Å². The fourth-order valence-electron chi connectivity index (χ4n) is 4.12. The molecule has 4 N–H and O–H groups in total. The number of thioether (sulfide) groups is 1. The summed E-state index contributed by atoms with van der Waals surface area (Å²) >= 11 is 26.2. The van der Waals surface area contributed by atoms with E-state index in [9.17, 15) is 18.0 Å². The van der Waals surface area contributed by atoms with Gasteiger partial charge in [0.1, 0.15) is 27.4 Å². The summed E-state index contributed by atoms with van der Waals surface area (Å²) in [5.74, 6) is -0.202. The van der Waals surface area contributed by atoms with E-state index >= 15 is 0 Å². The van der Waals surface area contributed by atoms with Crippen molar-refractivity contribution < 1.29 is 22.7 Å². The van der Waals surface area contributed by atoms with Crippen LogP contribution in [-0.4, -0.2) is 38.0 Å². The number of carbonyl (C=O) groups is 2. The molecule has 240 valence electrons. The molecule has 1 heterocycles. The fourth-order valence-corrected chi connectivity index (χ4v) is 7.40. The van der Waals surface area contributed by atoms with Gasteiger partial charge in [-0.3, -0.25) is 15.0 Å². The molecule has 2 amide bonds. The first-order valence-electron chi connectivity index (χ1n) is 13.2. The van der Waals surface area contributed by atoms with E-state index in [-0.39, 0.29) is 54.8 Å². The predicted molar refractivity (Wildman–Crippen MR) is 181 cm³/mol. The molecule has 1 aliphatic rings. The summed E-state index contributed by atoms with van der Waals surface area (Å²) in [5.41, 5.74) is 4.38. The molecule has 1 fully saturated rings. The third-order valence-corrected chi connectivity index (χ3v) is 9.85. The lowest BCUT2D eigenvalue weighted by atomic mass is 9.95. The van der Waals surface area contributed by atoms with Crippen LogP contribution < -0.4 is 25.6 Å². The van der Waals surface area contributed by atoms with Crippen molar-refractivity contribution in [2.45, 2.75) is 49.7 Å². The Kier molecular flexibility index (Phi) is 10.6. The zero-order valence-electron chi connectivity index (χ0n) is 24.7. The van der Waals surface area contributed by atoms with Crippen molar-refractivity contribution in [1.29, 1.82) is 0 Å². The average molecular weight is 734 g/mol. The van der Waals surface area contributed by atoms with Gasteiger partial charge in [0.2, 0.25) is 15.9 Å². The largest absolute Gasteiger partial charge is 0.471 e. The average Bonchev–Trinajstić information content (AvgIpc) is 3.19. The second-order valence-corrected chi connectivity index (χ2v) is 15.4. The third-order valence-electron chi connectivity index (χ3n) is 6.42. The number of aliphatic imine (C=N–C) groups is 1. The van der Waals surface area contributed by atoms with E-state index in [1.165, 1.54) is 24.3 Å². The van der Waals surface area contributed by atoms with E-state index < -0.39 is 31.5 Å². The van der Waals surface area contributed by atoms with Gasteiger partial charge >= 0.3 is 0 Å². The second-order valence-electron chi connectivity index (χ2n) is 11.1. The Morgan fingerprint density at radius 1 is 1.07 bits per heavy atom. The minimum absolute atomic E-state index is 0.0889. The van der Waals surface area contributed by atoms with Crippen LogP contribution in [0.2, 0.25) is 20.1 Å². The molecule has 1 unspecified atom stereocenters. The minimum Gasteiger partial charge on any atom is -0.471 e. The van der Waals surface area contributed by atoms with Gasteiger partial charge < -0.3 is 10.1 Å². The van der Waals surface area contributed by atoms with E-state index in [0.29, 0.717) is 5.75 Å². The maximum atomic E-state index is 14.0. The van der Waals surface area contributed by atoms with Gasteiger partial charge in [-0.1, -0.05) is 84.9 Å². The first-order chi connectivity index (χ1) is 20.9. The number of nitrogens with zero attached hydrogens (tertiary/aromatic N) is 2. The number of nitrogens with two attached hydrogens (primary N) is 1. The maximum Gasteiger partial charge on any atom is 0.267 e. The smallest absolute Gasteiger partial charge is 0.267 e. The van der Waals surface area contributed by atoms with Gasteiger partial charge in [-0.15, -0.1) is 11.8 Å². The number of nitrogens with one attached hydrogen (secondary N) is 2. The number of anilines is 2. The Labute approximate surface area is 285 Å². The molecule has 0 bridgehead atoms. The van der Waals surface area contributed by atoms with E-state index in [2.05, 4.69) is 15.7 Å². The molecule has 0 spiro atoms. The van der Waals surface area contributed by atoms with Crippen LogP contribution in [0.25, 0.3) is 0 Å². The number of hydrogen-bond donors (Lipinski definition) is 3. The molecular formula is C29H29Cl4N5O5S2. The van der Waals surface area contributed by atoms with Crippen molar-refractivity contribution in [2.75, 3.05) is 17.1 Å². The van der Waals surface area contributed by atoms with Gasteiger partial charge in [-0.2, -0.15) is 0 Å². The molecule has 0 saturated carbocycles. The van der Waals surface area contributed by atoms with E-state index in [4.69, 9.17) is 56.3 Å². The number of primary sulfonamides is 1. The first-order valence-corrected chi connectivity index (χ1v) is 17.1. The molecule has 4 rings (SSSR count). The highest BCUT2D eigenvalue weighted by Crippen LogP contribution is 2.42.